The maximum Gasteiger partial charge on any atom is 0.188 e. The van der Waals surface area contributed by atoms with E-state index in [2.05, 4.69) is 61.8 Å². The van der Waals surface area contributed by atoms with Crippen LogP contribution >= 0.6 is 20.7 Å². The Bertz CT molecular complexity index is 315. The third-order valence-electron chi connectivity index (χ3n) is 3.65. The molecular formula is C12H27N4OPS. The minimum absolute atomic E-state index is 0.265. The van der Waals surface area contributed by atoms with Crippen LogP contribution < -0.4 is 10.6 Å². The van der Waals surface area contributed by atoms with Gasteiger partial charge in [0.15, 0.2) is 13.6 Å². The molecule has 1 aliphatic heterocycles. The Hall–Kier alpha value is -0.0000000000000000416. The van der Waals surface area contributed by atoms with Crippen molar-refractivity contribution >= 4 is 25.8 Å². The lowest BCUT2D eigenvalue weighted by molar-refractivity contribution is 0.114. The van der Waals surface area contributed by atoms with Gasteiger partial charge in [-0.2, -0.15) is 0 Å². The lowest BCUT2D eigenvalue weighted by Gasteiger charge is -2.34. The molecule has 1 aliphatic rings. The number of hydrogen-bond donors (Lipinski definition) is 2. The zero-order chi connectivity index (χ0) is 14.8. The van der Waals surface area contributed by atoms with Crippen LogP contribution in [0.5, 0.6) is 0 Å². The molecule has 0 amide bonds. The molecule has 0 aliphatic carbocycles. The van der Waals surface area contributed by atoms with E-state index >= 15 is 0 Å². The molecule has 0 aromatic carbocycles. The van der Waals surface area contributed by atoms with E-state index in [0.29, 0.717) is 23.7 Å². The maximum atomic E-state index is 6.33. The first-order valence-corrected chi connectivity index (χ1v) is 8.17. The Morgan fingerprint density at radius 3 is 2.16 bits per heavy atom. The van der Waals surface area contributed by atoms with Crippen LogP contribution in [0.15, 0.2) is 0 Å². The minimum atomic E-state index is -0.706. The van der Waals surface area contributed by atoms with Gasteiger partial charge in [-0.25, -0.2) is 9.34 Å². The summed E-state index contributed by atoms with van der Waals surface area (Å²) in [6, 6.07) is 1.02. The second kappa shape index (κ2) is 6.64. The molecule has 2 N–H and O–H groups in total. The second-order valence-corrected chi connectivity index (χ2v) is 8.02. The van der Waals surface area contributed by atoms with Gasteiger partial charge >= 0.3 is 0 Å². The maximum absolute atomic E-state index is 6.33. The SMILES string of the molecule is CNC(=S)NCC(C)(C)OP1N(C)[C@H](C)[C@@H](C)N1C. The van der Waals surface area contributed by atoms with Crippen LogP contribution in [0, 0.1) is 0 Å². The molecule has 0 aromatic rings. The van der Waals surface area contributed by atoms with Crippen molar-refractivity contribution in [3.05, 3.63) is 0 Å². The number of rotatable bonds is 4. The van der Waals surface area contributed by atoms with E-state index < -0.39 is 8.45 Å². The molecule has 2 atom stereocenters. The Kier molecular flexibility index (Phi) is 5.96. The number of thiocarbonyl (C=S) groups is 1. The molecule has 1 rings (SSSR count). The van der Waals surface area contributed by atoms with Gasteiger partial charge in [-0.1, -0.05) is 0 Å². The highest BCUT2D eigenvalue weighted by Gasteiger charge is 2.42. The summed E-state index contributed by atoms with van der Waals surface area (Å²) >= 11 is 5.10. The fourth-order valence-corrected chi connectivity index (χ4v) is 4.21. The second-order valence-electron chi connectivity index (χ2n) is 5.66. The van der Waals surface area contributed by atoms with E-state index in [0.717, 1.165) is 0 Å². The zero-order valence-corrected chi connectivity index (χ0v) is 14.7. The predicted molar refractivity (Wildman–Crippen MR) is 86.2 cm³/mol. The molecule has 1 heterocycles. The van der Waals surface area contributed by atoms with Crippen LogP contribution in [0.25, 0.3) is 0 Å². The standard InChI is InChI=1S/C12H27N4OPS/c1-9-10(2)16(7)18(15(9)6)17-12(3,4)8-14-11(19)13-5/h9-10H,8H2,1-7H3,(H2,13,14,19)/t9-,10-/m1/s1. The summed E-state index contributed by atoms with van der Waals surface area (Å²) in [4.78, 5) is 0. The fourth-order valence-electron chi connectivity index (χ4n) is 1.92. The van der Waals surface area contributed by atoms with Gasteiger partial charge in [-0.15, -0.1) is 0 Å². The highest BCUT2D eigenvalue weighted by Crippen LogP contribution is 2.54. The molecule has 0 bridgehead atoms. The Morgan fingerprint density at radius 1 is 1.26 bits per heavy atom. The summed E-state index contributed by atoms with van der Waals surface area (Å²) in [5.41, 5.74) is -0.265. The molecule has 0 saturated carbocycles. The molecule has 0 radical (unpaired) electrons. The van der Waals surface area contributed by atoms with Crippen molar-refractivity contribution in [3.8, 4) is 0 Å². The van der Waals surface area contributed by atoms with E-state index in [1.54, 1.807) is 0 Å². The normalized spacial score (nSPS) is 26.7. The molecule has 19 heavy (non-hydrogen) atoms. The highest BCUT2D eigenvalue weighted by molar-refractivity contribution is 7.80. The Morgan fingerprint density at radius 2 is 1.74 bits per heavy atom. The molecule has 1 saturated heterocycles. The lowest BCUT2D eigenvalue weighted by atomic mass is 10.1. The van der Waals surface area contributed by atoms with Crippen molar-refractivity contribution in [2.45, 2.75) is 45.4 Å². The summed E-state index contributed by atoms with van der Waals surface area (Å²) < 4.78 is 11.0. The van der Waals surface area contributed by atoms with Crippen LogP contribution in [0.2, 0.25) is 0 Å². The van der Waals surface area contributed by atoms with E-state index in [1.165, 1.54) is 0 Å². The van der Waals surface area contributed by atoms with Gasteiger partial charge in [0.2, 0.25) is 0 Å². The van der Waals surface area contributed by atoms with Crippen molar-refractivity contribution in [1.29, 1.82) is 0 Å². The van der Waals surface area contributed by atoms with Crippen molar-refractivity contribution in [1.82, 2.24) is 20.0 Å². The third kappa shape index (κ3) is 4.23. The summed E-state index contributed by atoms with van der Waals surface area (Å²) in [6.45, 7) is 9.37. The van der Waals surface area contributed by atoms with Crippen LogP contribution in [-0.2, 0) is 4.52 Å². The monoisotopic (exact) mass is 306 g/mol. The zero-order valence-electron chi connectivity index (χ0n) is 13.0. The molecule has 0 unspecified atom stereocenters. The molecule has 1 fully saturated rings. The van der Waals surface area contributed by atoms with Gasteiger partial charge in [0.25, 0.3) is 0 Å². The molecule has 0 spiro atoms. The topological polar surface area (TPSA) is 39.8 Å². The van der Waals surface area contributed by atoms with Gasteiger partial charge in [-0.05, 0) is 54.0 Å². The van der Waals surface area contributed by atoms with Crippen molar-refractivity contribution in [2.75, 3.05) is 27.7 Å². The van der Waals surface area contributed by atoms with E-state index in [1.807, 2.05) is 7.05 Å². The first kappa shape index (κ1) is 17.1. The fraction of sp³-hybridized carbons (Fsp3) is 0.917. The quantitative estimate of drug-likeness (QED) is 0.609. The minimum Gasteiger partial charge on any atom is -0.366 e. The number of likely N-dealkylation sites (N-methyl/N-ethyl adjacent to an activating group) is 2. The molecule has 112 valence electrons. The van der Waals surface area contributed by atoms with Crippen LogP contribution in [-0.4, -0.2) is 59.8 Å². The summed E-state index contributed by atoms with van der Waals surface area (Å²) in [6.07, 6.45) is 0. The average Bonchev–Trinajstić information content (AvgIpc) is 2.53. The average molecular weight is 306 g/mol. The van der Waals surface area contributed by atoms with Gasteiger partial charge in [0.05, 0.1) is 5.60 Å². The number of nitrogens with zero attached hydrogens (tertiary/aromatic N) is 2. The van der Waals surface area contributed by atoms with Gasteiger partial charge < -0.3 is 15.2 Å². The van der Waals surface area contributed by atoms with E-state index in [9.17, 15) is 0 Å². The summed E-state index contributed by atoms with van der Waals surface area (Å²) in [5, 5.41) is 6.73. The van der Waals surface area contributed by atoms with E-state index in [-0.39, 0.29) is 5.60 Å². The smallest absolute Gasteiger partial charge is 0.188 e. The molecule has 0 aromatic heterocycles. The predicted octanol–water partition coefficient (Wildman–Crippen LogP) is 1.76. The Balaban J connectivity index is 2.60. The van der Waals surface area contributed by atoms with Crippen LogP contribution in [0.4, 0.5) is 0 Å². The van der Waals surface area contributed by atoms with E-state index in [4.69, 9.17) is 16.7 Å². The van der Waals surface area contributed by atoms with Gasteiger partial charge in [0.1, 0.15) is 0 Å². The van der Waals surface area contributed by atoms with Gasteiger partial charge in [-0.3, -0.25) is 0 Å². The number of hydrogen-bond acceptors (Lipinski definition) is 4. The highest BCUT2D eigenvalue weighted by atomic mass is 32.1. The van der Waals surface area contributed by atoms with Crippen LogP contribution in [0.3, 0.4) is 0 Å². The first-order valence-electron chi connectivity index (χ1n) is 6.60. The Labute approximate surface area is 124 Å². The largest absolute Gasteiger partial charge is 0.366 e. The molecule has 5 nitrogen and oxygen atoms in total. The van der Waals surface area contributed by atoms with Crippen molar-refractivity contribution in [2.24, 2.45) is 0 Å². The first-order chi connectivity index (χ1) is 8.69. The third-order valence-corrected chi connectivity index (χ3v) is 6.46. The van der Waals surface area contributed by atoms with Gasteiger partial charge in [0, 0.05) is 25.7 Å². The summed E-state index contributed by atoms with van der Waals surface area (Å²) in [5.74, 6) is 0. The lowest BCUT2D eigenvalue weighted by Crippen LogP contribution is -2.43. The molecule has 7 heteroatoms. The molecular weight excluding hydrogens is 279 g/mol. The summed E-state index contributed by atoms with van der Waals surface area (Å²) in [7, 11) is 5.38. The van der Waals surface area contributed by atoms with Crippen LogP contribution in [0.1, 0.15) is 27.7 Å². The van der Waals surface area contributed by atoms with Crippen molar-refractivity contribution in [3.63, 3.8) is 0 Å². The number of nitrogens with one attached hydrogen (secondary N) is 2. The van der Waals surface area contributed by atoms with Crippen molar-refractivity contribution < 1.29 is 4.52 Å².